The molecule has 3 nitrogen and oxygen atoms in total. The molecule has 0 aliphatic rings. The largest absolute Gasteiger partial charge is 0.265 e. The Balaban J connectivity index is 1.87. The Kier molecular flexibility index (Phi) is 3.19. The number of nitrogens with zero attached hydrogens (tertiary/aromatic N) is 3. The summed E-state index contributed by atoms with van der Waals surface area (Å²) < 4.78 is 0. The minimum Gasteiger partial charge on any atom is -0.265 e. The molecule has 2 heterocycles. The molecule has 1 aromatic carbocycles. The Bertz CT molecular complexity index is 650. The Morgan fingerprint density at radius 3 is 2.67 bits per heavy atom. The molecular formula is C14H11N3S. The summed E-state index contributed by atoms with van der Waals surface area (Å²) in [6.45, 7) is 0. The van der Waals surface area contributed by atoms with Gasteiger partial charge in [-0.2, -0.15) is 0 Å². The van der Waals surface area contributed by atoms with Gasteiger partial charge in [0.25, 0.3) is 0 Å². The van der Waals surface area contributed by atoms with Crippen LogP contribution in [0.25, 0.3) is 10.9 Å². The maximum atomic E-state index is 4.36. The SMILES string of the molecule is c1ccc2c(SCc3ccncc3)ncnc2c1. The normalized spacial score (nSPS) is 10.7. The van der Waals surface area contributed by atoms with Gasteiger partial charge in [0.1, 0.15) is 11.4 Å². The van der Waals surface area contributed by atoms with Crippen molar-refractivity contribution in [2.75, 3.05) is 0 Å². The van der Waals surface area contributed by atoms with E-state index in [1.54, 1.807) is 18.1 Å². The zero-order valence-corrected chi connectivity index (χ0v) is 10.5. The van der Waals surface area contributed by atoms with Gasteiger partial charge in [0.15, 0.2) is 0 Å². The van der Waals surface area contributed by atoms with E-state index in [1.807, 2.05) is 42.7 Å². The van der Waals surface area contributed by atoms with Crippen molar-refractivity contribution < 1.29 is 0 Å². The summed E-state index contributed by atoms with van der Waals surface area (Å²) in [6.07, 6.45) is 5.25. The van der Waals surface area contributed by atoms with Crippen molar-refractivity contribution >= 4 is 22.7 Å². The number of benzene rings is 1. The number of aromatic nitrogens is 3. The van der Waals surface area contributed by atoms with E-state index in [-0.39, 0.29) is 0 Å². The fourth-order valence-electron chi connectivity index (χ4n) is 1.73. The van der Waals surface area contributed by atoms with E-state index in [2.05, 4.69) is 21.0 Å². The molecule has 0 atom stereocenters. The maximum absolute atomic E-state index is 4.36. The summed E-state index contributed by atoms with van der Waals surface area (Å²) in [4.78, 5) is 12.6. The average molecular weight is 253 g/mol. The van der Waals surface area contributed by atoms with Crippen molar-refractivity contribution in [2.45, 2.75) is 10.8 Å². The van der Waals surface area contributed by atoms with Crippen LogP contribution in [-0.4, -0.2) is 15.0 Å². The average Bonchev–Trinajstić information content (AvgIpc) is 2.46. The monoisotopic (exact) mass is 253 g/mol. The van der Waals surface area contributed by atoms with Gasteiger partial charge in [-0.1, -0.05) is 18.2 Å². The number of hydrogen-bond donors (Lipinski definition) is 0. The second kappa shape index (κ2) is 5.14. The van der Waals surface area contributed by atoms with Crippen LogP contribution < -0.4 is 0 Å². The Labute approximate surface area is 109 Å². The standard InChI is InChI=1S/C14H11N3S/c1-2-4-13-12(3-1)14(17-10-16-13)18-9-11-5-7-15-8-6-11/h1-8,10H,9H2. The van der Waals surface area contributed by atoms with Crippen LogP contribution in [0.2, 0.25) is 0 Å². The molecule has 0 fully saturated rings. The lowest BCUT2D eigenvalue weighted by atomic mass is 10.2. The summed E-state index contributed by atoms with van der Waals surface area (Å²) >= 11 is 1.72. The smallest absolute Gasteiger partial charge is 0.117 e. The second-order valence-corrected chi connectivity index (χ2v) is 4.80. The first-order valence-electron chi connectivity index (χ1n) is 5.65. The summed E-state index contributed by atoms with van der Waals surface area (Å²) in [7, 11) is 0. The first kappa shape index (κ1) is 11.2. The number of fused-ring (bicyclic) bond motifs is 1. The minimum atomic E-state index is 0.892. The van der Waals surface area contributed by atoms with E-state index in [0.717, 1.165) is 21.7 Å². The molecule has 18 heavy (non-hydrogen) atoms. The highest BCUT2D eigenvalue weighted by Gasteiger charge is 2.03. The van der Waals surface area contributed by atoms with Crippen LogP contribution in [0.4, 0.5) is 0 Å². The van der Waals surface area contributed by atoms with Crippen molar-refractivity contribution in [1.29, 1.82) is 0 Å². The Morgan fingerprint density at radius 2 is 1.78 bits per heavy atom. The molecular weight excluding hydrogens is 242 g/mol. The molecule has 0 aliphatic heterocycles. The van der Waals surface area contributed by atoms with E-state index in [1.165, 1.54) is 5.56 Å². The van der Waals surface area contributed by atoms with Crippen LogP contribution in [0.15, 0.2) is 60.1 Å². The number of pyridine rings is 1. The van der Waals surface area contributed by atoms with Crippen molar-refractivity contribution in [2.24, 2.45) is 0 Å². The molecule has 0 saturated carbocycles. The molecule has 3 rings (SSSR count). The lowest BCUT2D eigenvalue weighted by Gasteiger charge is -2.04. The van der Waals surface area contributed by atoms with E-state index in [9.17, 15) is 0 Å². The van der Waals surface area contributed by atoms with Crippen LogP contribution >= 0.6 is 11.8 Å². The van der Waals surface area contributed by atoms with Gasteiger partial charge < -0.3 is 0 Å². The molecule has 0 unspecified atom stereocenters. The second-order valence-electron chi connectivity index (χ2n) is 3.84. The zero-order chi connectivity index (χ0) is 12.2. The molecule has 0 saturated heterocycles. The Hall–Kier alpha value is -1.94. The fourth-order valence-corrected chi connectivity index (χ4v) is 2.67. The molecule has 3 aromatic rings. The third-order valence-electron chi connectivity index (χ3n) is 2.63. The van der Waals surface area contributed by atoms with E-state index >= 15 is 0 Å². The molecule has 0 amide bonds. The topological polar surface area (TPSA) is 38.7 Å². The van der Waals surface area contributed by atoms with Crippen LogP contribution in [0.3, 0.4) is 0 Å². The predicted molar refractivity (Wildman–Crippen MR) is 73.3 cm³/mol. The third-order valence-corrected chi connectivity index (χ3v) is 3.71. The van der Waals surface area contributed by atoms with E-state index in [0.29, 0.717) is 0 Å². The lowest BCUT2D eigenvalue weighted by molar-refractivity contribution is 1.10. The van der Waals surface area contributed by atoms with Gasteiger partial charge in [-0.15, -0.1) is 11.8 Å². The predicted octanol–water partition coefficient (Wildman–Crippen LogP) is 3.32. The number of para-hydroxylation sites is 1. The molecule has 4 heteroatoms. The highest BCUT2D eigenvalue weighted by Crippen LogP contribution is 2.26. The first-order valence-corrected chi connectivity index (χ1v) is 6.63. The number of thioether (sulfide) groups is 1. The van der Waals surface area contributed by atoms with Crippen molar-refractivity contribution in [3.05, 3.63) is 60.7 Å². The van der Waals surface area contributed by atoms with Crippen LogP contribution in [-0.2, 0) is 5.75 Å². The van der Waals surface area contributed by atoms with Crippen molar-refractivity contribution in [1.82, 2.24) is 15.0 Å². The van der Waals surface area contributed by atoms with Gasteiger partial charge in [0.05, 0.1) is 5.52 Å². The molecule has 0 radical (unpaired) electrons. The quantitative estimate of drug-likeness (QED) is 0.530. The van der Waals surface area contributed by atoms with Gasteiger partial charge >= 0.3 is 0 Å². The van der Waals surface area contributed by atoms with Gasteiger partial charge in [-0.05, 0) is 23.8 Å². The number of rotatable bonds is 3. The summed E-state index contributed by atoms with van der Waals surface area (Å²) in [6, 6.07) is 12.1. The van der Waals surface area contributed by atoms with Crippen molar-refractivity contribution in [3.8, 4) is 0 Å². The van der Waals surface area contributed by atoms with Gasteiger partial charge in [-0.3, -0.25) is 4.98 Å². The molecule has 88 valence electrons. The Morgan fingerprint density at radius 1 is 0.944 bits per heavy atom. The fraction of sp³-hybridized carbons (Fsp3) is 0.0714. The molecule has 0 spiro atoms. The van der Waals surface area contributed by atoms with Gasteiger partial charge in [0.2, 0.25) is 0 Å². The molecule has 2 aromatic heterocycles. The molecule has 0 bridgehead atoms. The molecule has 0 N–H and O–H groups in total. The summed E-state index contributed by atoms with van der Waals surface area (Å²) in [5, 5.41) is 2.14. The van der Waals surface area contributed by atoms with E-state index in [4.69, 9.17) is 0 Å². The number of hydrogen-bond acceptors (Lipinski definition) is 4. The van der Waals surface area contributed by atoms with Crippen LogP contribution in [0.5, 0.6) is 0 Å². The van der Waals surface area contributed by atoms with Crippen molar-refractivity contribution in [3.63, 3.8) is 0 Å². The van der Waals surface area contributed by atoms with E-state index < -0.39 is 0 Å². The van der Waals surface area contributed by atoms with Crippen LogP contribution in [0, 0.1) is 0 Å². The van der Waals surface area contributed by atoms with Gasteiger partial charge in [0, 0.05) is 23.5 Å². The first-order chi connectivity index (χ1) is 8.93. The zero-order valence-electron chi connectivity index (χ0n) is 9.65. The maximum Gasteiger partial charge on any atom is 0.117 e. The van der Waals surface area contributed by atoms with Crippen LogP contribution in [0.1, 0.15) is 5.56 Å². The third kappa shape index (κ3) is 2.33. The summed E-state index contributed by atoms with van der Waals surface area (Å²) in [5.41, 5.74) is 2.24. The van der Waals surface area contributed by atoms with Gasteiger partial charge in [-0.25, -0.2) is 9.97 Å². The highest BCUT2D eigenvalue weighted by molar-refractivity contribution is 7.98. The lowest BCUT2D eigenvalue weighted by Crippen LogP contribution is -1.87. The minimum absolute atomic E-state index is 0.892. The molecule has 0 aliphatic carbocycles. The summed E-state index contributed by atoms with van der Waals surface area (Å²) in [5.74, 6) is 0.892. The highest BCUT2D eigenvalue weighted by atomic mass is 32.2.